The molecule has 1 aromatic rings. The van der Waals surface area contributed by atoms with Crippen molar-refractivity contribution in [3.8, 4) is 0 Å². The lowest BCUT2D eigenvalue weighted by atomic mass is 9.87. The van der Waals surface area contributed by atoms with Gasteiger partial charge in [-0.25, -0.2) is 9.97 Å². The van der Waals surface area contributed by atoms with Crippen LogP contribution in [0.5, 0.6) is 0 Å². The van der Waals surface area contributed by atoms with Gasteiger partial charge in [0.15, 0.2) is 0 Å². The average Bonchev–Trinajstić information content (AvgIpc) is 2.44. The van der Waals surface area contributed by atoms with Gasteiger partial charge in [-0.2, -0.15) is 0 Å². The van der Waals surface area contributed by atoms with Crippen LogP contribution in [0.1, 0.15) is 38.7 Å². The second-order valence-electron chi connectivity index (χ2n) is 5.00. The molecule has 0 aromatic carbocycles. The highest BCUT2D eigenvalue weighted by molar-refractivity contribution is 5.17. The van der Waals surface area contributed by atoms with Gasteiger partial charge in [0.1, 0.15) is 6.33 Å². The van der Waals surface area contributed by atoms with E-state index in [1.165, 1.54) is 6.33 Å². The van der Waals surface area contributed by atoms with Crippen molar-refractivity contribution in [1.29, 1.82) is 0 Å². The molecule has 0 spiro atoms. The van der Waals surface area contributed by atoms with Gasteiger partial charge in [0.25, 0.3) is 0 Å². The molecule has 1 N–H and O–H groups in total. The lowest BCUT2D eigenvalue weighted by Crippen LogP contribution is -2.23. The van der Waals surface area contributed by atoms with Gasteiger partial charge >= 0.3 is 0 Å². The monoisotopic (exact) mass is 192 g/mol. The lowest BCUT2D eigenvalue weighted by molar-refractivity contribution is 0.0331. The molecule has 0 saturated heterocycles. The van der Waals surface area contributed by atoms with E-state index in [9.17, 15) is 5.11 Å². The van der Waals surface area contributed by atoms with Crippen LogP contribution in [-0.4, -0.2) is 15.1 Å². The van der Waals surface area contributed by atoms with Crippen LogP contribution in [0.3, 0.4) is 0 Å². The third kappa shape index (κ3) is 1.64. The fourth-order valence-corrected chi connectivity index (χ4v) is 2.30. The van der Waals surface area contributed by atoms with Crippen molar-refractivity contribution in [3.63, 3.8) is 0 Å². The van der Waals surface area contributed by atoms with Crippen LogP contribution in [0.2, 0.25) is 0 Å². The molecule has 0 amide bonds. The smallest absolute Gasteiger partial charge is 0.115 e. The zero-order chi connectivity index (χ0) is 10.2. The first kappa shape index (κ1) is 9.59. The van der Waals surface area contributed by atoms with Gasteiger partial charge in [-0.05, 0) is 24.7 Å². The summed E-state index contributed by atoms with van der Waals surface area (Å²) < 4.78 is 0. The van der Waals surface area contributed by atoms with Crippen LogP contribution >= 0.6 is 0 Å². The SMILES string of the molecule is CC1(C)CCC(O)(c2cncnc2)C1. The van der Waals surface area contributed by atoms with Crippen molar-refractivity contribution in [2.24, 2.45) is 5.41 Å². The number of hydrogen-bond donors (Lipinski definition) is 1. The van der Waals surface area contributed by atoms with Gasteiger partial charge in [0.2, 0.25) is 0 Å². The molecule has 14 heavy (non-hydrogen) atoms. The fourth-order valence-electron chi connectivity index (χ4n) is 2.30. The molecule has 1 unspecified atom stereocenters. The molecule has 1 fully saturated rings. The molecule has 1 aromatic heterocycles. The van der Waals surface area contributed by atoms with E-state index in [-0.39, 0.29) is 5.41 Å². The summed E-state index contributed by atoms with van der Waals surface area (Å²) in [6, 6.07) is 0. The molecule has 1 atom stereocenters. The van der Waals surface area contributed by atoms with Crippen molar-refractivity contribution in [2.75, 3.05) is 0 Å². The van der Waals surface area contributed by atoms with Gasteiger partial charge in [0.05, 0.1) is 5.60 Å². The number of aliphatic hydroxyl groups is 1. The first-order valence-corrected chi connectivity index (χ1v) is 5.00. The van der Waals surface area contributed by atoms with Crippen molar-refractivity contribution < 1.29 is 5.11 Å². The van der Waals surface area contributed by atoms with Gasteiger partial charge in [-0.15, -0.1) is 0 Å². The van der Waals surface area contributed by atoms with Crippen LogP contribution < -0.4 is 0 Å². The highest BCUT2D eigenvalue weighted by atomic mass is 16.3. The maximum atomic E-state index is 10.4. The summed E-state index contributed by atoms with van der Waals surface area (Å²) in [4.78, 5) is 7.90. The molecule has 1 saturated carbocycles. The topological polar surface area (TPSA) is 46.0 Å². The summed E-state index contributed by atoms with van der Waals surface area (Å²) >= 11 is 0. The quantitative estimate of drug-likeness (QED) is 0.739. The first-order valence-electron chi connectivity index (χ1n) is 5.00. The van der Waals surface area contributed by atoms with Gasteiger partial charge in [-0.1, -0.05) is 13.8 Å². The van der Waals surface area contributed by atoms with Crippen LogP contribution in [0.4, 0.5) is 0 Å². The minimum absolute atomic E-state index is 0.227. The van der Waals surface area contributed by atoms with E-state index in [1.807, 2.05) is 0 Å². The van der Waals surface area contributed by atoms with Crippen LogP contribution in [0.15, 0.2) is 18.7 Å². The maximum absolute atomic E-state index is 10.4. The summed E-state index contributed by atoms with van der Waals surface area (Å²) in [6.45, 7) is 4.38. The minimum atomic E-state index is -0.704. The Morgan fingerprint density at radius 2 is 1.86 bits per heavy atom. The molecule has 3 heteroatoms. The van der Waals surface area contributed by atoms with E-state index in [2.05, 4.69) is 23.8 Å². The van der Waals surface area contributed by atoms with Crippen molar-refractivity contribution in [1.82, 2.24) is 9.97 Å². The second-order valence-corrected chi connectivity index (χ2v) is 5.00. The Morgan fingerprint density at radius 1 is 1.21 bits per heavy atom. The van der Waals surface area contributed by atoms with Crippen LogP contribution in [0, 0.1) is 5.41 Å². The highest BCUT2D eigenvalue weighted by Crippen LogP contribution is 2.48. The standard InChI is InChI=1S/C11H16N2O/c1-10(2)3-4-11(14,7-10)9-5-12-8-13-6-9/h5-6,8,14H,3-4,7H2,1-2H3. The predicted molar refractivity (Wildman–Crippen MR) is 53.6 cm³/mol. The molecular weight excluding hydrogens is 176 g/mol. The summed E-state index contributed by atoms with van der Waals surface area (Å²) in [5.74, 6) is 0. The number of rotatable bonds is 1. The summed E-state index contributed by atoms with van der Waals surface area (Å²) in [7, 11) is 0. The van der Waals surface area contributed by atoms with Crippen molar-refractivity contribution in [3.05, 3.63) is 24.3 Å². The molecule has 2 rings (SSSR count). The van der Waals surface area contributed by atoms with Crippen LogP contribution in [-0.2, 0) is 5.60 Å². The highest BCUT2D eigenvalue weighted by Gasteiger charge is 2.43. The summed E-state index contributed by atoms with van der Waals surface area (Å²) in [5, 5.41) is 10.4. The van der Waals surface area contributed by atoms with Gasteiger partial charge in [0, 0.05) is 18.0 Å². The molecule has 76 valence electrons. The third-order valence-corrected chi connectivity index (χ3v) is 3.08. The number of aromatic nitrogens is 2. The number of nitrogens with zero attached hydrogens (tertiary/aromatic N) is 2. The second kappa shape index (κ2) is 3.02. The Hall–Kier alpha value is -0.960. The average molecular weight is 192 g/mol. The Labute approximate surface area is 84.2 Å². The summed E-state index contributed by atoms with van der Waals surface area (Å²) in [6.07, 6.45) is 7.59. The fraction of sp³-hybridized carbons (Fsp3) is 0.636. The van der Waals surface area contributed by atoms with E-state index >= 15 is 0 Å². The van der Waals surface area contributed by atoms with E-state index in [0.717, 1.165) is 24.8 Å². The molecule has 0 aliphatic heterocycles. The maximum Gasteiger partial charge on any atom is 0.115 e. The van der Waals surface area contributed by atoms with E-state index in [0.29, 0.717) is 0 Å². The molecule has 1 aliphatic carbocycles. The third-order valence-electron chi connectivity index (χ3n) is 3.08. The van der Waals surface area contributed by atoms with E-state index < -0.39 is 5.60 Å². The predicted octanol–water partition coefficient (Wildman–Crippen LogP) is 1.87. The first-order chi connectivity index (χ1) is 6.52. The number of hydrogen-bond acceptors (Lipinski definition) is 3. The molecule has 1 heterocycles. The largest absolute Gasteiger partial charge is 0.385 e. The van der Waals surface area contributed by atoms with Crippen LogP contribution in [0.25, 0.3) is 0 Å². The van der Waals surface area contributed by atoms with Gasteiger partial charge < -0.3 is 5.11 Å². The van der Waals surface area contributed by atoms with Gasteiger partial charge in [-0.3, -0.25) is 0 Å². The molecule has 1 aliphatic rings. The van der Waals surface area contributed by atoms with Crippen molar-refractivity contribution in [2.45, 2.75) is 38.7 Å². The lowest BCUT2D eigenvalue weighted by Gasteiger charge is -2.24. The van der Waals surface area contributed by atoms with E-state index in [4.69, 9.17) is 0 Å². The molecule has 3 nitrogen and oxygen atoms in total. The Balaban J connectivity index is 2.27. The Bertz CT molecular complexity index is 323. The zero-order valence-corrected chi connectivity index (χ0v) is 8.70. The van der Waals surface area contributed by atoms with Crippen molar-refractivity contribution >= 4 is 0 Å². The molecule has 0 radical (unpaired) electrons. The Morgan fingerprint density at radius 3 is 2.36 bits per heavy atom. The van der Waals surface area contributed by atoms with E-state index in [1.54, 1.807) is 12.4 Å². The minimum Gasteiger partial charge on any atom is -0.385 e. The summed E-state index contributed by atoms with van der Waals surface area (Å²) in [5.41, 5.74) is 0.376. The normalized spacial score (nSPS) is 30.5. The molecular formula is C11H16N2O. The Kier molecular flexibility index (Phi) is 2.07. The molecule has 0 bridgehead atoms. The zero-order valence-electron chi connectivity index (χ0n) is 8.70.